The number of hydrogen-bond acceptors (Lipinski definition) is 2. The fourth-order valence-electron chi connectivity index (χ4n) is 2.30. The Labute approximate surface area is 93.5 Å². The molecule has 0 radical (unpaired) electrons. The molecule has 1 aliphatic carbocycles. The lowest BCUT2D eigenvalue weighted by atomic mass is 10.1. The van der Waals surface area contributed by atoms with Gasteiger partial charge in [-0.2, -0.15) is 0 Å². The molecule has 0 unspecified atom stereocenters. The van der Waals surface area contributed by atoms with Crippen LogP contribution in [0.4, 0.5) is 0 Å². The summed E-state index contributed by atoms with van der Waals surface area (Å²) in [6, 6.07) is 0.688. The smallest absolute Gasteiger partial charge is 0.105 e. The maximum Gasteiger partial charge on any atom is 0.105 e. The molecule has 3 heteroatoms. The molecule has 0 amide bonds. The summed E-state index contributed by atoms with van der Waals surface area (Å²) in [4.78, 5) is 2.41. The molecule has 0 aromatic carbocycles. The average Bonchev–Trinajstić information content (AvgIpc) is 2.63. The Bertz CT molecular complexity index is 195. The van der Waals surface area contributed by atoms with Crippen LogP contribution in [0.1, 0.15) is 46.0 Å². The summed E-state index contributed by atoms with van der Waals surface area (Å²) in [7, 11) is 0. The van der Waals surface area contributed by atoms with Crippen molar-refractivity contribution < 1.29 is 0 Å². The molecule has 3 N–H and O–H groups in total. The van der Waals surface area contributed by atoms with Crippen LogP contribution in [0.25, 0.3) is 0 Å². The van der Waals surface area contributed by atoms with Gasteiger partial charge in [-0.25, -0.2) is 0 Å². The molecular formula is C12H25N3. The van der Waals surface area contributed by atoms with Crippen LogP contribution >= 0.6 is 0 Å². The van der Waals surface area contributed by atoms with Gasteiger partial charge in [0.1, 0.15) is 5.84 Å². The molecule has 1 saturated carbocycles. The van der Waals surface area contributed by atoms with Crippen LogP contribution in [0.3, 0.4) is 0 Å². The van der Waals surface area contributed by atoms with E-state index < -0.39 is 0 Å². The number of hydrogen-bond donors (Lipinski definition) is 2. The first-order valence-corrected chi connectivity index (χ1v) is 6.16. The minimum Gasteiger partial charge on any atom is -0.387 e. The molecule has 1 fully saturated rings. The Morgan fingerprint density at radius 1 is 1.40 bits per heavy atom. The van der Waals surface area contributed by atoms with Gasteiger partial charge in [-0.15, -0.1) is 0 Å². The van der Waals surface area contributed by atoms with Gasteiger partial charge < -0.3 is 5.73 Å². The molecule has 0 atom stereocenters. The van der Waals surface area contributed by atoms with Gasteiger partial charge in [0.05, 0.1) is 6.54 Å². The average molecular weight is 211 g/mol. The standard InChI is InChI=1S/C12H25N3/c1-10(2)7-8-15(9-12(13)14)11-5-3-4-6-11/h10-11H,3-9H2,1-2H3,(H3,13,14). The summed E-state index contributed by atoms with van der Waals surface area (Å²) in [5.41, 5.74) is 5.51. The lowest BCUT2D eigenvalue weighted by molar-refractivity contribution is 0.214. The normalized spacial score (nSPS) is 17.9. The second kappa shape index (κ2) is 6.11. The van der Waals surface area contributed by atoms with Gasteiger partial charge in [0.2, 0.25) is 0 Å². The first kappa shape index (κ1) is 12.5. The van der Waals surface area contributed by atoms with Gasteiger partial charge in [-0.05, 0) is 31.7 Å². The Balaban J connectivity index is 2.40. The third-order valence-electron chi connectivity index (χ3n) is 3.21. The SMILES string of the molecule is CC(C)CCN(CC(=N)N)C1CCCC1. The summed E-state index contributed by atoms with van der Waals surface area (Å²) in [5, 5.41) is 7.41. The molecule has 1 aliphatic rings. The molecular weight excluding hydrogens is 186 g/mol. The van der Waals surface area contributed by atoms with Gasteiger partial charge in [0, 0.05) is 6.04 Å². The van der Waals surface area contributed by atoms with Gasteiger partial charge in [-0.3, -0.25) is 10.3 Å². The second-order valence-electron chi connectivity index (χ2n) is 5.12. The minimum atomic E-state index is 0.311. The van der Waals surface area contributed by atoms with E-state index in [1.54, 1.807) is 0 Å². The largest absolute Gasteiger partial charge is 0.387 e. The molecule has 0 saturated heterocycles. The quantitative estimate of drug-likeness (QED) is 0.523. The third kappa shape index (κ3) is 4.65. The van der Waals surface area contributed by atoms with Crippen molar-refractivity contribution in [2.45, 2.75) is 52.0 Å². The number of amidine groups is 1. The molecule has 1 rings (SSSR count). The zero-order valence-corrected chi connectivity index (χ0v) is 10.1. The van der Waals surface area contributed by atoms with Gasteiger partial charge in [0.25, 0.3) is 0 Å². The second-order valence-corrected chi connectivity index (χ2v) is 5.12. The van der Waals surface area contributed by atoms with Crippen LogP contribution in [0.15, 0.2) is 0 Å². The van der Waals surface area contributed by atoms with Crippen molar-refractivity contribution in [1.82, 2.24) is 4.90 Å². The molecule has 0 heterocycles. The molecule has 15 heavy (non-hydrogen) atoms. The minimum absolute atomic E-state index is 0.311. The van der Waals surface area contributed by atoms with E-state index in [0.29, 0.717) is 18.4 Å². The van der Waals surface area contributed by atoms with Gasteiger partial charge >= 0.3 is 0 Å². The Morgan fingerprint density at radius 2 is 2.00 bits per heavy atom. The highest BCUT2D eigenvalue weighted by molar-refractivity contribution is 5.78. The van der Waals surface area contributed by atoms with E-state index in [4.69, 9.17) is 11.1 Å². The number of nitrogens with one attached hydrogen (secondary N) is 1. The highest BCUT2D eigenvalue weighted by atomic mass is 15.2. The maximum absolute atomic E-state index is 7.41. The van der Waals surface area contributed by atoms with Crippen molar-refractivity contribution in [1.29, 1.82) is 5.41 Å². The lowest BCUT2D eigenvalue weighted by Crippen LogP contribution is -2.40. The van der Waals surface area contributed by atoms with Crippen LogP contribution in [0.2, 0.25) is 0 Å². The molecule has 0 bridgehead atoms. The number of nitrogens with two attached hydrogens (primary N) is 1. The molecule has 0 aliphatic heterocycles. The van der Waals surface area contributed by atoms with Crippen molar-refractivity contribution in [3.05, 3.63) is 0 Å². The predicted octanol–water partition coefficient (Wildman–Crippen LogP) is 2.21. The van der Waals surface area contributed by atoms with Crippen LogP contribution in [0, 0.1) is 11.3 Å². The van der Waals surface area contributed by atoms with E-state index in [1.165, 1.54) is 32.1 Å². The highest BCUT2D eigenvalue weighted by Crippen LogP contribution is 2.23. The van der Waals surface area contributed by atoms with Crippen molar-refractivity contribution in [3.63, 3.8) is 0 Å². The van der Waals surface area contributed by atoms with E-state index in [9.17, 15) is 0 Å². The first-order chi connectivity index (χ1) is 7.09. The molecule has 0 aromatic rings. The summed E-state index contributed by atoms with van der Waals surface area (Å²) >= 11 is 0. The lowest BCUT2D eigenvalue weighted by Gasteiger charge is -2.28. The number of nitrogens with zero attached hydrogens (tertiary/aromatic N) is 1. The summed E-state index contributed by atoms with van der Waals surface area (Å²) in [5.74, 6) is 1.05. The zero-order chi connectivity index (χ0) is 11.3. The Morgan fingerprint density at radius 3 is 2.47 bits per heavy atom. The van der Waals surface area contributed by atoms with Crippen molar-refractivity contribution >= 4 is 5.84 Å². The van der Waals surface area contributed by atoms with Crippen molar-refractivity contribution in [3.8, 4) is 0 Å². The van der Waals surface area contributed by atoms with Crippen LogP contribution in [0.5, 0.6) is 0 Å². The highest BCUT2D eigenvalue weighted by Gasteiger charge is 2.22. The summed E-state index contributed by atoms with van der Waals surface area (Å²) < 4.78 is 0. The van der Waals surface area contributed by atoms with Crippen molar-refractivity contribution in [2.75, 3.05) is 13.1 Å². The topological polar surface area (TPSA) is 53.1 Å². The van der Waals surface area contributed by atoms with E-state index in [1.807, 2.05) is 0 Å². The van der Waals surface area contributed by atoms with Gasteiger partial charge in [0.15, 0.2) is 0 Å². The van der Waals surface area contributed by atoms with E-state index >= 15 is 0 Å². The van der Waals surface area contributed by atoms with Crippen LogP contribution < -0.4 is 5.73 Å². The molecule has 0 spiro atoms. The fourth-order valence-corrected chi connectivity index (χ4v) is 2.30. The van der Waals surface area contributed by atoms with Crippen LogP contribution in [-0.2, 0) is 0 Å². The van der Waals surface area contributed by atoms with E-state index in [0.717, 1.165) is 12.5 Å². The Kier molecular flexibility index (Phi) is 5.09. The van der Waals surface area contributed by atoms with E-state index in [2.05, 4.69) is 18.7 Å². The number of rotatable bonds is 6. The van der Waals surface area contributed by atoms with Gasteiger partial charge in [-0.1, -0.05) is 26.7 Å². The molecule has 3 nitrogen and oxygen atoms in total. The predicted molar refractivity (Wildman–Crippen MR) is 65.2 cm³/mol. The molecule has 88 valence electrons. The zero-order valence-electron chi connectivity index (χ0n) is 10.1. The van der Waals surface area contributed by atoms with E-state index in [-0.39, 0.29) is 0 Å². The maximum atomic E-state index is 7.41. The molecule has 0 aromatic heterocycles. The Hall–Kier alpha value is -0.570. The monoisotopic (exact) mass is 211 g/mol. The van der Waals surface area contributed by atoms with Crippen molar-refractivity contribution in [2.24, 2.45) is 11.7 Å². The summed E-state index contributed by atoms with van der Waals surface area (Å²) in [6.45, 7) is 6.26. The summed E-state index contributed by atoms with van der Waals surface area (Å²) in [6.07, 6.45) is 6.50. The third-order valence-corrected chi connectivity index (χ3v) is 3.21. The first-order valence-electron chi connectivity index (χ1n) is 6.16. The van der Waals surface area contributed by atoms with Crippen LogP contribution in [-0.4, -0.2) is 29.9 Å². The fraction of sp³-hybridized carbons (Fsp3) is 0.917.